The molecule has 5 nitrogen and oxygen atoms in total. The first-order valence-corrected chi connectivity index (χ1v) is 9.15. The third-order valence-electron chi connectivity index (χ3n) is 2.79. The van der Waals surface area contributed by atoms with Crippen LogP contribution in [0.5, 0.6) is 0 Å². The van der Waals surface area contributed by atoms with E-state index in [4.69, 9.17) is 10.5 Å². The first-order chi connectivity index (χ1) is 10.0. The number of nitrogens with two attached hydrogens (primary N) is 1. The minimum Gasteiger partial charge on any atom is -0.398 e. The van der Waals surface area contributed by atoms with Gasteiger partial charge in [-0.05, 0) is 12.1 Å². The number of ether oxygens (including phenoxy) is 1. The summed E-state index contributed by atoms with van der Waals surface area (Å²) in [5, 5.41) is 0. The topological polar surface area (TPSA) is 72.6 Å². The van der Waals surface area contributed by atoms with Gasteiger partial charge in [-0.3, -0.25) is 0 Å². The van der Waals surface area contributed by atoms with Crippen LogP contribution >= 0.6 is 11.8 Å². The van der Waals surface area contributed by atoms with Gasteiger partial charge in [0.1, 0.15) is 0 Å². The van der Waals surface area contributed by atoms with Crippen molar-refractivity contribution in [2.45, 2.75) is 4.90 Å². The van der Waals surface area contributed by atoms with Crippen LogP contribution in [0.1, 0.15) is 0 Å². The fraction of sp³-hybridized carbons (Fsp3) is 0.429. The van der Waals surface area contributed by atoms with Crippen LogP contribution in [-0.4, -0.2) is 51.0 Å². The molecule has 2 N–H and O–H groups in total. The number of hydrogen-bond donors (Lipinski definition) is 1. The molecule has 0 aromatic heterocycles. The number of anilines is 1. The second-order valence-corrected chi connectivity index (χ2v) is 7.57. The van der Waals surface area contributed by atoms with Crippen LogP contribution in [0.15, 0.2) is 41.8 Å². The zero-order valence-electron chi connectivity index (χ0n) is 12.2. The van der Waals surface area contributed by atoms with E-state index in [-0.39, 0.29) is 5.75 Å². The molecule has 0 aliphatic heterocycles. The molecule has 1 aromatic carbocycles. The standard InChI is InChI=1S/C14H22N2O3S2/c1-3-8-16(9-10-19-2)21(17,18)12-11-20-14-7-5-4-6-13(14)15/h3-7H,1,8-12,15H2,2H3. The van der Waals surface area contributed by atoms with Gasteiger partial charge in [-0.1, -0.05) is 18.2 Å². The second kappa shape index (κ2) is 9.09. The van der Waals surface area contributed by atoms with Crippen LogP contribution in [0.4, 0.5) is 5.69 Å². The number of hydrogen-bond acceptors (Lipinski definition) is 5. The number of benzene rings is 1. The normalized spacial score (nSPS) is 11.7. The molecular formula is C14H22N2O3S2. The molecule has 0 saturated heterocycles. The molecule has 1 rings (SSSR count). The van der Waals surface area contributed by atoms with Gasteiger partial charge in [0.05, 0.1) is 12.4 Å². The van der Waals surface area contributed by atoms with Crippen molar-refractivity contribution in [2.24, 2.45) is 0 Å². The predicted molar refractivity (Wildman–Crippen MR) is 89.0 cm³/mol. The Labute approximate surface area is 131 Å². The molecule has 7 heteroatoms. The van der Waals surface area contributed by atoms with E-state index in [9.17, 15) is 8.42 Å². The summed E-state index contributed by atoms with van der Waals surface area (Å²) in [5.74, 6) is 0.515. The van der Waals surface area contributed by atoms with Crippen LogP contribution in [0.3, 0.4) is 0 Å². The molecule has 0 aliphatic rings. The second-order valence-electron chi connectivity index (χ2n) is 4.34. The number of methoxy groups -OCH3 is 1. The highest BCUT2D eigenvalue weighted by Gasteiger charge is 2.20. The van der Waals surface area contributed by atoms with Gasteiger partial charge in [0.25, 0.3) is 0 Å². The van der Waals surface area contributed by atoms with Crippen LogP contribution < -0.4 is 5.73 Å². The van der Waals surface area contributed by atoms with Crippen LogP contribution in [0, 0.1) is 0 Å². The SMILES string of the molecule is C=CCN(CCOC)S(=O)(=O)CCSc1ccccc1N. The van der Waals surface area contributed by atoms with E-state index in [0.29, 0.717) is 31.1 Å². The molecule has 21 heavy (non-hydrogen) atoms. The third-order valence-corrected chi connectivity index (χ3v) is 5.98. The summed E-state index contributed by atoms with van der Waals surface area (Å²) in [6.45, 7) is 4.59. The van der Waals surface area contributed by atoms with Crippen molar-refractivity contribution in [3.05, 3.63) is 36.9 Å². The van der Waals surface area contributed by atoms with Gasteiger partial charge in [0, 0.05) is 36.5 Å². The lowest BCUT2D eigenvalue weighted by Crippen LogP contribution is -2.36. The molecule has 0 bridgehead atoms. The van der Waals surface area contributed by atoms with E-state index in [2.05, 4.69) is 6.58 Å². The summed E-state index contributed by atoms with van der Waals surface area (Å²) in [7, 11) is -1.77. The molecule has 0 spiro atoms. The van der Waals surface area contributed by atoms with E-state index >= 15 is 0 Å². The van der Waals surface area contributed by atoms with Crippen molar-refractivity contribution < 1.29 is 13.2 Å². The number of rotatable bonds is 10. The summed E-state index contributed by atoms with van der Waals surface area (Å²) < 4.78 is 30.9. The van der Waals surface area contributed by atoms with Gasteiger partial charge >= 0.3 is 0 Å². The van der Waals surface area contributed by atoms with Crippen molar-refractivity contribution in [1.29, 1.82) is 0 Å². The summed E-state index contributed by atoms with van der Waals surface area (Å²) >= 11 is 1.45. The molecular weight excluding hydrogens is 308 g/mol. The zero-order chi connectivity index (χ0) is 15.7. The predicted octanol–water partition coefficient (Wildman–Crippen LogP) is 1.83. The maximum atomic E-state index is 12.3. The minimum atomic E-state index is -3.32. The fourth-order valence-electron chi connectivity index (χ4n) is 1.68. The highest BCUT2D eigenvalue weighted by Crippen LogP contribution is 2.24. The molecule has 0 amide bonds. The summed E-state index contributed by atoms with van der Waals surface area (Å²) in [6, 6.07) is 7.43. The lowest BCUT2D eigenvalue weighted by Gasteiger charge is -2.20. The smallest absolute Gasteiger partial charge is 0.215 e. The molecule has 0 heterocycles. The van der Waals surface area contributed by atoms with Crippen molar-refractivity contribution >= 4 is 27.5 Å². The average molecular weight is 330 g/mol. The quantitative estimate of drug-likeness (QED) is 0.402. The maximum Gasteiger partial charge on any atom is 0.215 e. The Morgan fingerprint density at radius 1 is 1.43 bits per heavy atom. The molecule has 118 valence electrons. The summed E-state index contributed by atoms with van der Waals surface area (Å²) in [6.07, 6.45) is 1.58. The summed E-state index contributed by atoms with van der Waals surface area (Å²) in [5.41, 5.74) is 6.50. The fourth-order valence-corrected chi connectivity index (χ4v) is 4.43. The Morgan fingerprint density at radius 3 is 2.76 bits per heavy atom. The van der Waals surface area contributed by atoms with Crippen LogP contribution in [0.25, 0.3) is 0 Å². The molecule has 0 unspecified atom stereocenters. The minimum absolute atomic E-state index is 0.0591. The number of nitrogens with zero attached hydrogens (tertiary/aromatic N) is 1. The highest BCUT2D eigenvalue weighted by atomic mass is 32.2. The van der Waals surface area contributed by atoms with Crippen molar-refractivity contribution in [1.82, 2.24) is 4.31 Å². The van der Waals surface area contributed by atoms with E-state index in [1.54, 1.807) is 19.3 Å². The van der Waals surface area contributed by atoms with Gasteiger partial charge < -0.3 is 10.5 Å². The monoisotopic (exact) mass is 330 g/mol. The van der Waals surface area contributed by atoms with E-state index in [0.717, 1.165) is 4.90 Å². The molecule has 1 aromatic rings. The van der Waals surface area contributed by atoms with Crippen LogP contribution in [0.2, 0.25) is 0 Å². The van der Waals surface area contributed by atoms with Gasteiger partial charge in [0.15, 0.2) is 0 Å². The molecule has 0 fully saturated rings. The molecule has 0 aliphatic carbocycles. The lowest BCUT2D eigenvalue weighted by atomic mass is 10.3. The Hall–Kier alpha value is -1.02. The number of para-hydroxylation sites is 1. The first kappa shape index (κ1) is 18.0. The Balaban J connectivity index is 2.58. The number of sulfonamides is 1. The summed E-state index contributed by atoms with van der Waals surface area (Å²) in [4.78, 5) is 0.903. The highest BCUT2D eigenvalue weighted by molar-refractivity contribution is 8.00. The van der Waals surface area contributed by atoms with E-state index in [1.165, 1.54) is 16.1 Å². The lowest BCUT2D eigenvalue weighted by molar-refractivity contribution is 0.182. The molecule has 0 saturated carbocycles. The van der Waals surface area contributed by atoms with Gasteiger partial charge in [0.2, 0.25) is 10.0 Å². The van der Waals surface area contributed by atoms with Gasteiger partial charge in [-0.2, -0.15) is 4.31 Å². The van der Waals surface area contributed by atoms with E-state index in [1.807, 2.05) is 18.2 Å². The largest absolute Gasteiger partial charge is 0.398 e. The van der Waals surface area contributed by atoms with Crippen molar-refractivity contribution in [2.75, 3.05) is 44.0 Å². The van der Waals surface area contributed by atoms with Gasteiger partial charge in [-0.15, -0.1) is 18.3 Å². The Morgan fingerprint density at radius 2 is 2.14 bits per heavy atom. The van der Waals surface area contributed by atoms with Crippen LogP contribution in [-0.2, 0) is 14.8 Å². The molecule has 0 radical (unpaired) electrons. The number of thioether (sulfide) groups is 1. The Bertz CT molecular complexity index is 547. The first-order valence-electron chi connectivity index (χ1n) is 6.56. The molecule has 0 atom stereocenters. The number of nitrogen functional groups attached to an aromatic ring is 1. The zero-order valence-corrected chi connectivity index (χ0v) is 13.8. The van der Waals surface area contributed by atoms with Crippen molar-refractivity contribution in [3.8, 4) is 0 Å². The van der Waals surface area contributed by atoms with E-state index < -0.39 is 10.0 Å². The Kier molecular flexibility index (Phi) is 7.81. The van der Waals surface area contributed by atoms with Gasteiger partial charge in [-0.25, -0.2) is 8.42 Å². The third kappa shape index (κ3) is 6.09. The maximum absolute atomic E-state index is 12.3. The average Bonchev–Trinajstić information content (AvgIpc) is 2.45. The van der Waals surface area contributed by atoms with Crippen molar-refractivity contribution in [3.63, 3.8) is 0 Å².